The van der Waals surface area contributed by atoms with Crippen molar-refractivity contribution in [1.29, 1.82) is 0 Å². The lowest BCUT2D eigenvalue weighted by molar-refractivity contribution is -0.177. The molecule has 11 heavy (non-hydrogen) atoms. The summed E-state index contributed by atoms with van der Waals surface area (Å²) in [5, 5.41) is 9.14. The zero-order valence-electron chi connectivity index (χ0n) is 7.45. The van der Waals surface area contributed by atoms with Gasteiger partial charge in [-0.25, -0.2) is 0 Å². The highest BCUT2D eigenvalue weighted by atomic mass is 16.6. The molecular weight excluding hydrogens is 142 g/mol. The van der Waals surface area contributed by atoms with Crippen LogP contribution in [0.4, 0.5) is 0 Å². The second kappa shape index (κ2) is 3.52. The summed E-state index contributed by atoms with van der Waals surface area (Å²) in [5.41, 5.74) is 0. The van der Waals surface area contributed by atoms with Crippen molar-refractivity contribution in [2.24, 2.45) is 0 Å². The highest BCUT2D eigenvalue weighted by Gasteiger charge is 2.27. The maximum absolute atomic E-state index is 9.14. The lowest BCUT2D eigenvalue weighted by Gasteiger charge is -2.36. The Morgan fingerprint density at radius 3 is 2.45 bits per heavy atom. The molecule has 3 atom stereocenters. The molecule has 0 aromatic heterocycles. The third-order valence-corrected chi connectivity index (χ3v) is 2.29. The predicted molar refractivity (Wildman–Crippen MR) is 43.3 cm³/mol. The zero-order valence-corrected chi connectivity index (χ0v) is 7.45. The molecule has 0 bridgehead atoms. The third kappa shape index (κ3) is 2.15. The van der Waals surface area contributed by atoms with Gasteiger partial charge in [0.2, 0.25) is 0 Å². The van der Waals surface area contributed by atoms with E-state index in [9.17, 15) is 0 Å². The molecule has 1 N–H and O–H groups in total. The number of ether oxygens (including phenoxy) is 1. The Bertz CT molecular complexity index is 127. The molecule has 0 aromatic rings. The molecule has 66 valence electrons. The van der Waals surface area contributed by atoms with Crippen LogP contribution in [0.25, 0.3) is 0 Å². The van der Waals surface area contributed by atoms with Crippen molar-refractivity contribution in [1.82, 2.24) is 4.90 Å². The van der Waals surface area contributed by atoms with Gasteiger partial charge in [-0.3, -0.25) is 0 Å². The zero-order chi connectivity index (χ0) is 8.43. The van der Waals surface area contributed by atoms with E-state index in [2.05, 4.69) is 4.90 Å². The van der Waals surface area contributed by atoms with E-state index in [4.69, 9.17) is 9.84 Å². The van der Waals surface area contributed by atoms with Crippen molar-refractivity contribution < 1.29 is 9.84 Å². The van der Waals surface area contributed by atoms with Crippen LogP contribution in [0.5, 0.6) is 0 Å². The Labute approximate surface area is 68.0 Å². The minimum absolute atomic E-state index is 0.147. The van der Waals surface area contributed by atoms with E-state index in [1.54, 1.807) is 0 Å². The van der Waals surface area contributed by atoms with Crippen LogP contribution in [0, 0.1) is 0 Å². The van der Waals surface area contributed by atoms with Crippen molar-refractivity contribution in [2.45, 2.75) is 38.2 Å². The van der Waals surface area contributed by atoms with Crippen LogP contribution in [0.2, 0.25) is 0 Å². The van der Waals surface area contributed by atoms with Gasteiger partial charge in [-0.15, -0.1) is 0 Å². The van der Waals surface area contributed by atoms with Crippen molar-refractivity contribution in [3.05, 3.63) is 0 Å². The fraction of sp³-hybridized carbons (Fsp3) is 1.00. The first-order valence-corrected chi connectivity index (χ1v) is 4.11. The molecule has 0 aliphatic carbocycles. The highest BCUT2D eigenvalue weighted by molar-refractivity contribution is 4.77. The molecule has 0 saturated carbocycles. The largest absolute Gasteiger partial charge is 0.368 e. The van der Waals surface area contributed by atoms with Crippen molar-refractivity contribution in [3.8, 4) is 0 Å². The normalized spacial score (nSPS) is 39.5. The molecule has 1 saturated heterocycles. The standard InChI is InChI=1S/C8H17NO2/c1-6-7(9(2)3)4-5-8(10)11-6/h6-8,10H,4-5H2,1-3H3/t6?,7-,8?/m0/s1. The number of hydrogen-bond acceptors (Lipinski definition) is 3. The van der Waals surface area contributed by atoms with Gasteiger partial charge in [-0.05, 0) is 33.9 Å². The van der Waals surface area contributed by atoms with Gasteiger partial charge >= 0.3 is 0 Å². The molecule has 1 heterocycles. The van der Waals surface area contributed by atoms with Crippen molar-refractivity contribution >= 4 is 0 Å². The summed E-state index contributed by atoms with van der Waals surface area (Å²) < 4.78 is 5.27. The molecule has 1 fully saturated rings. The van der Waals surface area contributed by atoms with Gasteiger partial charge in [0.15, 0.2) is 6.29 Å². The molecule has 0 aromatic carbocycles. The van der Waals surface area contributed by atoms with Crippen LogP contribution < -0.4 is 0 Å². The molecule has 0 radical (unpaired) electrons. The predicted octanol–water partition coefficient (Wildman–Crippen LogP) is 0.434. The first-order chi connectivity index (χ1) is 5.11. The summed E-state index contributed by atoms with van der Waals surface area (Å²) in [6.07, 6.45) is 1.39. The smallest absolute Gasteiger partial charge is 0.155 e. The van der Waals surface area contributed by atoms with Crippen LogP contribution in [0.3, 0.4) is 0 Å². The molecule has 1 aliphatic heterocycles. The van der Waals surface area contributed by atoms with Gasteiger partial charge in [0.1, 0.15) is 0 Å². The van der Waals surface area contributed by atoms with E-state index in [0.29, 0.717) is 6.04 Å². The molecule has 3 heteroatoms. The summed E-state index contributed by atoms with van der Waals surface area (Å²) in [7, 11) is 4.09. The van der Waals surface area contributed by atoms with E-state index in [1.165, 1.54) is 0 Å². The Balaban J connectivity index is 2.44. The fourth-order valence-electron chi connectivity index (χ4n) is 1.63. The number of rotatable bonds is 1. The number of hydrogen-bond donors (Lipinski definition) is 1. The average Bonchev–Trinajstić information content (AvgIpc) is 1.85. The number of aliphatic hydroxyl groups excluding tert-OH is 1. The van der Waals surface area contributed by atoms with Crippen molar-refractivity contribution in [3.63, 3.8) is 0 Å². The van der Waals surface area contributed by atoms with E-state index in [0.717, 1.165) is 12.8 Å². The molecule has 3 nitrogen and oxygen atoms in total. The highest BCUT2D eigenvalue weighted by Crippen LogP contribution is 2.20. The third-order valence-electron chi connectivity index (χ3n) is 2.29. The molecule has 2 unspecified atom stereocenters. The molecule has 1 rings (SSSR count). The first kappa shape index (κ1) is 8.97. The minimum atomic E-state index is -0.541. The van der Waals surface area contributed by atoms with Gasteiger partial charge in [0.25, 0.3) is 0 Å². The number of likely N-dealkylation sites (N-methyl/N-ethyl adjacent to an activating group) is 1. The Kier molecular flexibility index (Phi) is 2.87. The SMILES string of the molecule is CC1OC(O)CC[C@@H]1N(C)C. The summed E-state index contributed by atoms with van der Waals surface area (Å²) in [5.74, 6) is 0. The second-order valence-electron chi connectivity index (χ2n) is 3.40. The van der Waals surface area contributed by atoms with E-state index >= 15 is 0 Å². The van der Waals surface area contributed by atoms with E-state index < -0.39 is 6.29 Å². The molecule has 0 spiro atoms. The van der Waals surface area contributed by atoms with Crippen molar-refractivity contribution in [2.75, 3.05) is 14.1 Å². The van der Waals surface area contributed by atoms with E-state index in [1.807, 2.05) is 21.0 Å². The average molecular weight is 159 g/mol. The van der Waals surface area contributed by atoms with Gasteiger partial charge in [0, 0.05) is 6.04 Å². The molecule has 1 aliphatic rings. The summed E-state index contributed by atoms with van der Waals surface area (Å²) >= 11 is 0. The Hall–Kier alpha value is -0.120. The van der Waals surface area contributed by atoms with Gasteiger partial charge in [-0.2, -0.15) is 0 Å². The summed E-state index contributed by atoms with van der Waals surface area (Å²) in [4.78, 5) is 2.15. The maximum Gasteiger partial charge on any atom is 0.155 e. The lowest BCUT2D eigenvalue weighted by Crippen LogP contribution is -2.44. The first-order valence-electron chi connectivity index (χ1n) is 4.11. The number of aliphatic hydroxyl groups is 1. The van der Waals surface area contributed by atoms with Crippen LogP contribution in [-0.4, -0.2) is 42.5 Å². The molecule has 0 amide bonds. The Morgan fingerprint density at radius 2 is 2.00 bits per heavy atom. The van der Waals surface area contributed by atoms with Gasteiger partial charge < -0.3 is 14.7 Å². The summed E-state index contributed by atoms with van der Waals surface area (Å²) in [6.45, 7) is 2.01. The summed E-state index contributed by atoms with van der Waals surface area (Å²) in [6, 6.07) is 0.457. The monoisotopic (exact) mass is 159 g/mol. The van der Waals surface area contributed by atoms with Crippen LogP contribution in [0.15, 0.2) is 0 Å². The molecular formula is C8H17NO2. The van der Waals surface area contributed by atoms with Crippen LogP contribution in [0.1, 0.15) is 19.8 Å². The second-order valence-corrected chi connectivity index (χ2v) is 3.40. The van der Waals surface area contributed by atoms with Crippen LogP contribution in [-0.2, 0) is 4.74 Å². The fourth-order valence-corrected chi connectivity index (χ4v) is 1.63. The maximum atomic E-state index is 9.14. The van der Waals surface area contributed by atoms with E-state index in [-0.39, 0.29) is 6.10 Å². The lowest BCUT2D eigenvalue weighted by atomic mass is 10.0. The Morgan fingerprint density at radius 1 is 1.36 bits per heavy atom. The van der Waals surface area contributed by atoms with Gasteiger partial charge in [0.05, 0.1) is 6.10 Å². The quantitative estimate of drug-likeness (QED) is 0.602. The number of nitrogens with zero attached hydrogens (tertiary/aromatic N) is 1. The van der Waals surface area contributed by atoms with Gasteiger partial charge in [-0.1, -0.05) is 0 Å². The topological polar surface area (TPSA) is 32.7 Å². The van der Waals surface area contributed by atoms with Crippen LogP contribution >= 0.6 is 0 Å². The minimum Gasteiger partial charge on any atom is -0.368 e.